The van der Waals surface area contributed by atoms with Gasteiger partial charge in [-0.15, -0.1) is 0 Å². The minimum absolute atomic E-state index is 0.00557. The molecule has 168 valence electrons. The minimum atomic E-state index is -0.565. The number of hydrogen-bond donors (Lipinski definition) is 4. The van der Waals surface area contributed by atoms with Gasteiger partial charge in [0.05, 0.1) is 5.92 Å². The molecule has 3 aromatic rings. The molecule has 3 aromatic carbocycles. The summed E-state index contributed by atoms with van der Waals surface area (Å²) in [5.41, 5.74) is 7.21. The molecule has 3 rings (SSSR count). The van der Waals surface area contributed by atoms with Gasteiger partial charge in [0.1, 0.15) is 0 Å². The summed E-state index contributed by atoms with van der Waals surface area (Å²) in [5.74, 6) is -1.61. The molecule has 0 aliphatic rings. The summed E-state index contributed by atoms with van der Waals surface area (Å²) in [5, 5.41) is 5.28. The van der Waals surface area contributed by atoms with Crippen molar-refractivity contribution in [3.8, 4) is 0 Å². The van der Waals surface area contributed by atoms with Crippen LogP contribution in [0.5, 0.6) is 0 Å². The number of amides is 3. The lowest BCUT2D eigenvalue weighted by Gasteiger charge is -2.18. The molecular formula is C25H24N4O3S. The van der Waals surface area contributed by atoms with Crippen molar-refractivity contribution in [2.24, 2.45) is 0 Å². The standard InChI is InChI=1S/C25H24N4O3S/c30-21(26-20-14-8-3-9-15-20)16-17-22(31)28-29-25(33)27-24(32)23(18-10-4-1-5-11-18)19-12-6-2-7-13-19/h1-15,23H,16-17H2,(H,26,30)(H,28,31)(H2,27,29,32,33). The van der Waals surface area contributed by atoms with Crippen molar-refractivity contribution < 1.29 is 14.4 Å². The molecule has 0 bridgehead atoms. The lowest BCUT2D eigenvalue weighted by molar-refractivity contribution is -0.124. The van der Waals surface area contributed by atoms with Crippen LogP contribution in [0.2, 0.25) is 0 Å². The number of rotatable bonds is 7. The first kappa shape index (κ1) is 23.6. The van der Waals surface area contributed by atoms with E-state index in [1.54, 1.807) is 12.1 Å². The Morgan fingerprint density at radius 3 is 1.70 bits per heavy atom. The number of thiocarbonyl (C=S) groups is 1. The second kappa shape index (κ2) is 12.1. The number of anilines is 1. The van der Waals surface area contributed by atoms with Gasteiger partial charge in [-0.3, -0.25) is 25.2 Å². The number of carbonyl (C=O) groups excluding carboxylic acids is 3. The number of hydrogen-bond acceptors (Lipinski definition) is 4. The SMILES string of the molecule is O=C(CCC(=O)Nc1ccccc1)NNC(=S)NC(=O)C(c1ccccc1)c1ccccc1. The molecule has 0 fully saturated rings. The molecule has 0 spiro atoms. The summed E-state index contributed by atoms with van der Waals surface area (Å²) >= 11 is 5.15. The Hall–Kier alpha value is -4.04. The van der Waals surface area contributed by atoms with E-state index in [4.69, 9.17) is 12.2 Å². The average Bonchev–Trinajstić information content (AvgIpc) is 2.83. The molecule has 0 saturated carbocycles. The first-order chi connectivity index (χ1) is 16.0. The summed E-state index contributed by atoms with van der Waals surface area (Å²) in [7, 11) is 0. The fourth-order valence-corrected chi connectivity index (χ4v) is 3.31. The molecule has 0 aromatic heterocycles. The number of nitrogens with one attached hydrogen (secondary N) is 4. The largest absolute Gasteiger partial charge is 0.326 e. The van der Waals surface area contributed by atoms with Gasteiger partial charge in [0.25, 0.3) is 0 Å². The Balaban J connectivity index is 1.48. The van der Waals surface area contributed by atoms with E-state index >= 15 is 0 Å². The van der Waals surface area contributed by atoms with Crippen molar-refractivity contribution in [2.75, 3.05) is 5.32 Å². The maximum Gasteiger partial charge on any atom is 0.238 e. The third-order valence-corrected chi connectivity index (χ3v) is 4.92. The number of benzene rings is 3. The van der Waals surface area contributed by atoms with E-state index in [1.165, 1.54) is 0 Å². The van der Waals surface area contributed by atoms with Crippen LogP contribution in [-0.4, -0.2) is 22.8 Å². The Morgan fingerprint density at radius 2 is 1.15 bits per heavy atom. The minimum Gasteiger partial charge on any atom is -0.326 e. The first-order valence-corrected chi connectivity index (χ1v) is 10.8. The molecule has 8 heteroatoms. The van der Waals surface area contributed by atoms with Crippen LogP contribution in [0.25, 0.3) is 0 Å². The van der Waals surface area contributed by atoms with Crippen LogP contribution in [0.15, 0.2) is 91.0 Å². The summed E-state index contributed by atoms with van der Waals surface area (Å²) in [6.07, 6.45) is -0.0372. The number of carbonyl (C=O) groups is 3. The average molecular weight is 461 g/mol. The van der Waals surface area contributed by atoms with Crippen LogP contribution in [-0.2, 0) is 14.4 Å². The Morgan fingerprint density at radius 1 is 0.667 bits per heavy atom. The van der Waals surface area contributed by atoms with Gasteiger partial charge in [0.2, 0.25) is 17.7 Å². The lowest BCUT2D eigenvalue weighted by atomic mass is 9.90. The van der Waals surface area contributed by atoms with Gasteiger partial charge in [0.15, 0.2) is 5.11 Å². The van der Waals surface area contributed by atoms with Crippen LogP contribution in [0, 0.1) is 0 Å². The normalized spacial score (nSPS) is 10.2. The van der Waals surface area contributed by atoms with E-state index in [0.29, 0.717) is 5.69 Å². The third kappa shape index (κ3) is 7.55. The predicted octanol–water partition coefficient (Wildman–Crippen LogP) is 3.26. The smallest absolute Gasteiger partial charge is 0.238 e. The molecule has 0 radical (unpaired) electrons. The third-order valence-electron chi connectivity index (χ3n) is 4.72. The summed E-state index contributed by atoms with van der Waals surface area (Å²) < 4.78 is 0. The molecule has 0 aliphatic carbocycles. The van der Waals surface area contributed by atoms with Crippen LogP contribution >= 0.6 is 12.2 Å². The van der Waals surface area contributed by atoms with E-state index in [9.17, 15) is 14.4 Å². The lowest BCUT2D eigenvalue weighted by Crippen LogP contribution is -2.49. The molecular weight excluding hydrogens is 436 g/mol. The zero-order valence-corrected chi connectivity index (χ0v) is 18.6. The quantitative estimate of drug-likeness (QED) is 0.320. The molecule has 0 unspecified atom stereocenters. The van der Waals surface area contributed by atoms with Gasteiger partial charge in [-0.1, -0.05) is 78.9 Å². The highest BCUT2D eigenvalue weighted by molar-refractivity contribution is 7.80. The first-order valence-electron chi connectivity index (χ1n) is 10.4. The van der Waals surface area contributed by atoms with Crippen molar-refractivity contribution in [2.45, 2.75) is 18.8 Å². The zero-order chi connectivity index (χ0) is 23.5. The van der Waals surface area contributed by atoms with Crippen LogP contribution in [0.3, 0.4) is 0 Å². The van der Waals surface area contributed by atoms with Gasteiger partial charge >= 0.3 is 0 Å². The van der Waals surface area contributed by atoms with Crippen LogP contribution in [0.4, 0.5) is 5.69 Å². The van der Waals surface area contributed by atoms with E-state index in [1.807, 2.05) is 78.9 Å². The fourth-order valence-electron chi connectivity index (χ4n) is 3.16. The number of hydrazine groups is 1. The van der Waals surface area contributed by atoms with E-state index in [-0.39, 0.29) is 29.8 Å². The highest BCUT2D eigenvalue weighted by Gasteiger charge is 2.23. The second-order valence-electron chi connectivity index (χ2n) is 7.16. The molecule has 0 saturated heterocycles. The highest BCUT2D eigenvalue weighted by atomic mass is 32.1. The van der Waals surface area contributed by atoms with Crippen molar-refractivity contribution in [1.29, 1.82) is 0 Å². The van der Waals surface area contributed by atoms with Crippen LogP contribution < -0.4 is 21.5 Å². The molecule has 0 heterocycles. The van der Waals surface area contributed by atoms with Crippen molar-refractivity contribution in [1.82, 2.24) is 16.2 Å². The van der Waals surface area contributed by atoms with Crippen molar-refractivity contribution in [3.63, 3.8) is 0 Å². The molecule has 0 atom stereocenters. The van der Waals surface area contributed by atoms with Crippen molar-refractivity contribution in [3.05, 3.63) is 102 Å². The van der Waals surface area contributed by atoms with Gasteiger partial charge in [-0.25, -0.2) is 0 Å². The predicted molar refractivity (Wildman–Crippen MR) is 131 cm³/mol. The second-order valence-corrected chi connectivity index (χ2v) is 7.57. The molecule has 4 N–H and O–H groups in total. The Labute approximate surface area is 197 Å². The molecule has 3 amide bonds. The molecule has 33 heavy (non-hydrogen) atoms. The maximum absolute atomic E-state index is 13.0. The summed E-state index contributed by atoms with van der Waals surface area (Å²) in [6, 6.07) is 27.7. The van der Waals surface area contributed by atoms with E-state index < -0.39 is 11.8 Å². The van der Waals surface area contributed by atoms with E-state index in [2.05, 4.69) is 21.5 Å². The van der Waals surface area contributed by atoms with Gasteiger partial charge < -0.3 is 10.6 Å². The van der Waals surface area contributed by atoms with Gasteiger partial charge in [0, 0.05) is 18.5 Å². The summed E-state index contributed by atoms with van der Waals surface area (Å²) in [6.45, 7) is 0. The summed E-state index contributed by atoms with van der Waals surface area (Å²) in [4.78, 5) is 37.0. The molecule has 0 aliphatic heterocycles. The number of para-hydroxylation sites is 1. The Kier molecular flexibility index (Phi) is 8.67. The highest BCUT2D eigenvalue weighted by Crippen LogP contribution is 2.24. The molecule has 7 nitrogen and oxygen atoms in total. The van der Waals surface area contributed by atoms with E-state index in [0.717, 1.165) is 11.1 Å². The topological polar surface area (TPSA) is 99.3 Å². The van der Waals surface area contributed by atoms with Gasteiger partial charge in [-0.05, 0) is 35.5 Å². The van der Waals surface area contributed by atoms with Gasteiger partial charge in [-0.2, -0.15) is 0 Å². The fraction of sp³-hybridized carbons (Fsp3) is 0.120. The van der Waals surface area contributed by atoms with Crippen LogP contribution in [0.1, 0.15) is 29.9 Å². The monoisotopic (exact) mass is 460 g/mol. The van der Waals surface area contributed by atoms with Crippen molar-refractivity contribution >= 4 is 40.7 Å². The Bertz CT molecular complexity index is 1050. The zero-order valence-electron chi connectivity index (χ0n) is 17.8. The maximum atomic E-state index is 13.0.